The lowest BCUT2D eigenvalue weighted by Gasteiger charge is -2.29. The number of rotatable bonds is 1. The first-order valence-corrected chi connectivity index (χ1v) is 3.32. The Labute approximate surface area is 59.1 Å². The molecule has 0 saturated carbocycles. The predicted molar refractivity (Wildman–Crippen MR) is 33.5 cm³/mol. The molecule has 60 valence electrons. The second kappa shape index (κ2) is 3.30. The highest BCUT2D eigenvalue weighted by atomic mass is 16.5. The normalized spacial score (nSPS) is 41.7. The van der Waals surface area contributed by atoms with Crippen molar-refractivity contribution in [2.24, 2.45) is 0 Å². The maximum Gasteiger partial charge on any atom is 0.103 e. The van der Waals surface area contributed by atoms with Crippen LogP contribution in [0.25, 0.3) is 0 Å². The first-order chi connectivity index (χ1) is 4.74. The summed E-state index contributed by atoms with van der Waals surface area (Å²) < 4.78 is 4.95. The van der Waals surface area contributed by atoms with Crippen molar-refractivity contribution in [2.45, 2.75) is 24.7 Å². The van der Waals surface area contributed by atoms with Crippen LogP contribution in [-0.4, -0.2) is 46.8 Å². The SMILES string of the molecule is OCC1C[C@H](O)C(O)CO1. The van der Waals surface area contributed by atoms with Gasteiger partial charge in [-0.2, -0.15) is 0 Å². The molecule has 1 aliphatic rings. The van der Waals surface area contributed by atoms with Crippen LogP contribution in [0.4, 0.5) is 0 Å². The molecule has 4 nitrogen and oxygen atoms in total. The molecular formula is C6H12O4. The van der Waals surface area contributed by atoms with Gasteiger partial charge in [-0.15, -0.1) is 0 Å². The number of aliphatic hydroxyl groups is 3. The average molecular weight is 148 g/mol. The monoisotopic (exact) mass is 148 g/mol. The van der Waals surface area contributed by atoms with E-state index < -0.39 is 12.2 Å². The third-order valence-electron chi connectivity index (χ3n) is 1.65. The van der Waals surface area contributed by atoms with E-state index >= 15 is 0 Å². The molecule has 1 saturated heterocycles. The molecule has 0 bridgehead atoms. The Morgan fingerprint density at radius 3 is 2.50 bits per heavy atom. The second-order valence-electron chi connectivity index (χ2n) is 2.51. The van der Waals surface area contributed by atoms with Gasteiger partial charge >= 0.3 is 0 Å². The molecule has 3 N–H and O–H groups in total. The standard InChI is InChI=1S/C6H12O4/c7-2-4-1-5(8)6(9)3-10-4/h4-9H,1-3H2/t4?,5-,6?/m0/s1. The summed E-state index contributed by atoms with van der Waals surface area (Å²) in [5.41, 5.74) is 0. The number of hydrogen-bond donors (Lipinski definition) is 3. The number of aliphatic hydroxyl groups excluding tert-OH is 3. The molecule has 0 radical (unpaired) electrons. The quantitative estimate of drug-likeness (QED) is 0.423. The van der Waals surface area contributed by atoms with Gasteiger partial charge < -0.3 is 20.1 Å². The molecule has 0 aromatic carbocycles. The topological polar surface area (TPSA) is 69.9 Å². The molecular weight excluding hydrogens is 136 g/mol. The molecule has 3 atom stereocenters. The van der Waals surface area contributed by atoms with Crippen LogP contribution in [0.2, 0.25) is 0 Å². The minimum atomic E-state index is -0.789. The van der Waals surface area contributed by atoms with Gasteiger partial charge in [0.1, 0.15) is 6.10 Å². The average Bonchev–Trinajstić information content (AvgIpc) is 1.95. The predicted octanol–water partition coefficient (Wildman–Crippen LogP) is -1.51. The van der Waals surface area contributed by atoms with Crippen LogP contribution in [-0.2, 0) is 4.74 Å². The van der Waals surface area contributed by atoms with Crippen LogP contribution >= 0.6 is 0 Å². The van der Waals surface area contributed by atoms with Gasteiger partial charge in [0, 0.05) is 6.42 Å². The summed E-state index contributed by atoms with van der Waals surface area (Å²) in [6, 6.07) is 0. The van der Waals surface area contributed by atoms with Gasteiger partial charge in [-0.1, -0.05) is 0 Å². The lowest BCUT2D eigenvalue weighted by molar-refractivity contribution is -0.131. The Balaban J connectivity index is 2.33. The summed E-state index contributed by atoms with van der Waals surface area (Å²) in [6.45, 7) is 0.0240. The fourth-order valence-corrected chi connectivity index (χ4v) is 0.967. The van der Waals surface area contributed by atoms with E-state index in [-0.39, 0.29) is 19.3 Å². The summed E-state index contributed by atoms with van der Waals surface area (Å²) in [7, 11) is 0. The first kappa shape index (κ1) is 7.94. The molecule has 4 heteroatoms. The maximum atomic E-state index is 9.04. The molecule has 0 aliphatic carbocycles. The van der Waals surface area contributed by atoms with E-state index in [0.717, 1.165) is 0 Å². The molecule has 10 heavy (non-hydrogen) atoms. The van der Waals surface area contributed by atoms with Gasteiger partial charge in [0.2, 0.25) is 0 Å². The first-order valence-electron chi connectivity index (χ1n) is 3.32. The van der Waals surface area contributed by atoms with Gasteiger partial charge in [0.05, 0.1) is 25.4 Å². The molecule has 2 unspecified atom stereocenters. The zero-order valence-corrected chi connectivity index (χ0v) is 5.60. The molecule has 0 aromatic heterocycles. The van der Waals surface area contributed by atoms with Crippen molar-refractivity contribution < 1.29 is 20.1 Å². The van der Waals surface area contributed by atoms with Crippen molar-refractivity contribution in [1.29, 1.82) is 0 Å². The van der Waals surface area contributed by atoms with Gasteiger partial charge in [-0.05, 0) is 0 Å². The minimum absolute atomic E-state index is 0.0935. The van der Waals surface area contributed by atoms with Crippen LogP contribution in [0.5, 0.6) is 0 Å². The van der Waals surface area contributed by atoms with Crippen molar-refractivity contribution in [3.8, 4) is 0 Å². The van der Waals surface area contributed by atoms with Crippen molar-refractivity contribution >= 4 is 0 Å². The minimum Gasteiger partial charge on any atom is -0.394 e. The van der Waals surface area contributed by atoms with Crippen molar-refractivity contribution in [1.82, 2.24) is 0 Å². The fourth-order valence-electron chi connectivity index (χ4n) is 0.967. The number of ether oxygens (including phenoxy) is 1. The summed E-state index contributed by atoms with van der Waals surface area (Å²) in [5.74, 6) is 0. The Morgan fingerprint density at radius 1 is 1.30 bits per heavy atom. The van der Waals surface area contributed by atoms with Gasteiger partial charge in [-0.3, -0.25) is 0 Å². The zero-order valence-electron chi connectivity index (χ0n) is 5.60. The summed E-state index contributed by atoms with van der Waals surface area (Å²) in [6.07, 6.45) is -1.52. The van der Waals surface area contributed by atoms with E-state index in [9.17, 15) is 0 Å². The third-order valence-corrected chi connectivity index (χ3v) is 1.65. The van der Waals surface area contributed by atoms with E-state index in [0.29, 0.717) is 6.42 Å². The molecule has 1 fully saturated rings. The summed E-state index contributed by atoms with van der Waals surface area (Å²) in [5, 5.41) is 26.5. The Morgan fingerprint density at radius 2 is 2.00 bits per heavy atom. The van der Waals surface area contributed by atoms with Crippen molar-refractivity contribution in [3.63, 3.8) is 0 Å². The lowest BCUT2D eigenvalue weighted by atomic mass is 10.0. The highest BCUT2D eigenvalue weighted by Crippen LogP contribution is 2.13. The molecule has 0 amide bonds. The number of hydrogen-bond acceptors (Lipinski definition) is 4. The second-order valence-corrected chi connectivity index (χ2v) is 2.51. The smallest absolute Gasteiger partial charge is 0.103 e. The molecule has 0 spiro atoms. The summed E-state index contributed by atoms with van der Waals surface area (Å²) >= 11 is 0. The highest BCUT2D eigenvalue weighted by Gasteiger charge is 2.27. The maximum absolute atomic E-state index is 9.04. The van der Waals surface area contributed by atoms with Crippen molar-refractivity contribution in [2.75, 3.05) is 13.2 Å². The molecule has 0 aromatic rings. The van der Waals surface area contributed by atoms with Crippen molar-refractivity contribution in [3.05, 3.63) is 0 Å². The summed E-state index contributed by atoms with van der Waals surface area (Å²) in [4.78, 5) is 0. The Bertz CT molecular complexity index is 106. The molecule has 1 rings (SSSR count). The largest absolute Gasteiger partial charge is 0.394 e. The highest BCUT2D eigenvalue weighted by molar-refractivity contribution is 4.76. The van der Waals surface area contributed by atoms with Gasteiger partial charge in [0.15, 0.2) is 0 Å². The molecule has 1 aliphatic heterocycles. The van der Waals surface area contributed by atoms with E-state index in [1.54, 1.807) is 0 Å². The Hall–Kier alpha value is -0.160. The van der Waals surface area contributed by atoms with E-state index in [2.05, 4.69) is 0 Å². The third kappa shape index (κ3) is 1.67. The van der Waals surface area contributed by atoms with E-state index in [1.807, 2.05) is 0 Å². The lowest BCUT2D eigenvalue weighted by Crippen LogP contribution is -2.42. The van der Waals surface area contributed by atoms with E-state index in [4.69, 9.17) is 20.1 Å². The van der Waals surface area contributed by atoms with Crippen LogP contribution in [0.1, 0.15) is 6.42 Å². The zero-order chi connectivity index (χ0) is 7.56. The van der Waals surface area contributed by atoms with Gasteiger partial charge in [0.25, 0.3) is 0 Å². The van der Waals surface area contributed by atoms with Gasteiger partial charge in [-0.25, -0.2) is 0 Å². The van der Waals surface area contributed by atoms with E-state index in [1.165, 1.54) is 0 Å². The van der Waals surface area contributed by atoms with Crippen LogP contribution in [0, 0.1) is 0 Å². The van der Waals surface area contributed by atoms with Crippen LogP contribution in [0.3, 0.4) is 0 Å². The fraction of sp³-hybridized carbons (Fsp3) is 1.00. The van der Waals surface area contributed by atoms with Crippen LogP contribution in [0.15, 0.2) is 0 Å². The Kier molecular flexibility index (Phi) is 2.62. The molecule has 1 heterocycles. The van der Waals surface area contributed by atoms with Crippen LogP contribution < -0.4 is 0 Å².